The molecule has 152 valence electrons. The van der Waals surface area contributed by atoms with Crippen LogP contribution >= 0.6 is 0 Å². The molecule has 0 fully saturated rings. The second-order valence-electron chi connectivity index (χ2n) is 8.20. The zero-order valence-corrected chi connectivity index (χ0v) is 17.5. The van der Waals surface area contributed by atoms with Crippen LogP contribution in [0.1, 0.15) is 55.7 Å². The minimum absolute atomic E-state index is 0.0367. The Hall–Kier alpha value is -3.08. The summed E-state index contributed by atoms with van der Waals surface area (Å²) in [5.74, 6) is -0.419. The highest BCUT2D eigenvalue weighted by atomic mass is 16.5. The lowest BCUT2D eigenvalue weighted by atomic mass is 9.86. The molecular weight excluding hydrogens is 364 g/mol. The number of nitrogens with one attached hydrogen (secondary N) is 2. The molecule has 3 rings (SSSR count). The van der Waals surface area contributed by atoms with Crippen molar-refractivity contribution < 1.29 is 14.3 Å². The monoisotopic (exact) mass is 392 g/mol. The molecule has 0 spiro atoms. The summed E-state index contributed by atoms with van der Waals surface area (Å²) in [6.45, 7) is 8.66. The van der Waals surface area contributed by atoms with Gasteiger partial charge in [0.2, 0.25) is 5.91 Å². The number of amides is 1. The van der Waals surface area contributed by atoms with Crippen LogP contribution < -0.4 is 5.32 Å². The first-order chi connectivity index (χ1) is 13.8. The van der Waals surface area contributed by atoms with E-state index in [2.05, 4.69) is 55.3 Å². The van der Waals surface area contributed by atoms with Gasteiger partial charge in [0.1, 0.15) is 5.69 Å². The number of benzene rings is 2. The lowest BCUT2D eigenvalue weighted by Gasteiger charge is -2.19. The van der Waals surface area contributed by atoms with Crippen molar-refractivity contribution in [2.75, 3.05) is 11.9 Å². The third-order valence-electron chi connectivity index (χ3n) is 4.86. The molecule has 5 heteroatoms. The summed E-state index contributed by atoms with van der Waals surface area (Å²) >= 11 is 0. The quantitative estimate of drug-likeness (QED) is 0.566. The molecule has 0 saturated carbocycles. The van der Waals surface area contributed by atoms with Crippen LogP contribution in [0.2, 0.25) is 0 Å². The molecule has 1 aromatic heterocycles. The molecule has 0 aliphatic rings. The summed E-state index contributed by atoms with van der Waals surface area (Å²) in [7, 11) is 0. The molecule has 1 heterocycles. The molecule has 0 saturated heterocycles. The predicted octanol–water partition coefficient (Wildman–Crippen LogP) is 5.21. The van der Waals surface area contributed by atoms with Crippen LogP contribution in [-0.2, 0) is 21.4 Å². The molecule has 0 unspecified atom stereocenters. The number of fused-ring (bicyclic) bond motifs is 1. The van der Waals surface area contributed by atoms with Gasteiger partial charge in [-0.15, -0.1) is 0 Å². The minimum atomic E-state index is -0.383. The maximum atomic E-state index is 12.4. The number of carbonyl (C=O) groups excluding carboxylic acids is 2. The number of aromatic amines is 1. The number of rotatable bonds is 6. The number of anilines is 1. The smallest absolute Gasteiger partial charge is 0.354 e. The summed E-state index contributed by atoms with van der Waals surface area (Å²) in [4.78, 5) is 27.2. The van der Waals surface area contributed by atoms with Crippen molar-refractivity contribution in [2.24, 2.45) is 0 Å². The summed E-state index contributed by atoms with van der Waals surface area (Å²) in [5, 5.41) is 3.79. The van der Waals surface area contributed by atoms with E-state index >= 15 is 0 Å². The van der Waals surface area contributed by atoms with Gasteiger partial charge in [0.05, 0.1) is 6.61 Å². The average molecular weight is 392 g/mol. The van der Waals surface area contributed by atoms with E-state index in [4.69, 9.17) is 4.74 Å². The highest BCUT2D eigenvalue weighted by molar-refractivity contribution is 5.98. The summed E-state index contributed by atoms with van der Waals surface area (Å²) < 4.78 is 5.01. The number of hydrogen-bond donors (Lipinski definition) is 2. The van der Waals surface area contributed by atoms with Crippen LogP contribution in [-0.4, -0.2) is 23.5 Å². The Balaban J connectivity index is 1.60. The first-order valence-electron chi connectivity index (χ1n) is 9.95. The first-order valence-corrected chi connectivity index (χ1v) is 9.95. The zero-order valence-electron chi connectivity index (χ0n) is 17.5. The average Bonchev–Trinajstić information content (AvgIpc) is 3.10. The number of esters is 1. The fourth-order valence-electron chi connectivity index (χ4n) is 3.18. The zero-order chi connectivity index (χ0) is 21.0. The SMILES string of the molecule is CCOC(=O)c1cc2cc(NC(=O)CCc3ccc(C(C)(C)C)cc3)ccc2[nH]1. The van der Waals surface area contributed by atoms with Gasteiger partial charge in [-0.3, -0.25) is 4.79 Å². The molecule has 29 heavy (non-hydrogen) atoms. The fraction of sp³-hybridized carbons (Fsp3) is 0.333. The van der Waals surface area contributed by atoms with E-state index in [1.807, 2.05) is 18.2 Å². The number of ether oxygens (including phenoxy) is 1. The second kappa shape index (κ2) is 8.52. The Bertz CT molecular complexity index is 1010. The maximum Gasteiger partial charge on any atom is 0.354 e. The van der Waals surface area contributed by atoms with Crippen LogP contribution in [0, 0.1) is 0 Å². The van der Waals surface area contributed by atoms with E-state index in [1.54, 1.807) is 13.0 Å². The number of H-pyrrole nitrogens is 1. The van der Waals surface area contributed by atoms with E-state index in [1.165, 1.54) is 5.56 Å². The first kappa shape index (κ1) is 20.6. The molecule has 3 aromatic rings. The Morgan fingerprint density at radius 3 is 2.41 bits per heavy atom. The molecular formula is C24H28N2O3. The van der Waals surface area contributed by atoms with Crippen molar-refractivity contribution in [3.05, 3.63) is 65.4 Å². The molecule has 1 amide bonds. The highest BCUT2D eigenvalue weighted by Gasteiger charge is 2.13. The van der Waals surface area contributed by atoms with E-state index in [0.29, 0.717) is 30.8 Å². The molecule has 2 N–H and O–H groups in total. The third-order valence-corrected chi connectivity index (χ3v) is 4.86. The molecule has 0 aliphatic carbocycles. The van der Waals surface area contributed by atoms with Crippen molar-refractivity contribution in [1.29, 1.82) is 0 Å². The Labute approximate surface area is 171 Å². The van der Waals surface area contributed by atoms with E-state index < -0.39 is 0 Å². The van der Waals surface area contributed by atoms with Crippen LogP contribution in [0.3, 0.4) is 0 Å². The van der Waals surface area contributed by atoms with Gasteiger partial charge in [-0.2, -0.15) is 0 Å². The highest BCUT2D eigenvalue weighted by Crippen LogP contribution is 2.23. The minimum Gasteiger partial charge on any atom is -0.461 e. The molecule has 0 atom stereocenters. The lowest BCUT2D eigenvalue weighted by molar-refractivity contribution is -0.116. The summed E-state index contributed by atoms with van der Waals surface area (Å²) in [6, 6.07) is 15.7. The Morgan fingerprint density at radius 1 is 1.03 bits per heavy atom. The van der Waals surface area contributed by atoms with Gasteiger partial charge >= 0.3 is 5.97 Å². The molecule has 2 aromatic carbocycles. The summed E-state index contributed by atoms with van der Waals surface area (Å²) in [6.07, 6.45) is 1.10. The van der Waals surface area contributed by atoms with Gasteiger partial charge < -0.3 is 15.0 Å². The number of aromatic nitrogens is 1. The number of carbonyl (C=O) groups is 2. The van der Waals surface area contributed by atoms with E-state index in [9.17, 15) is 9.59 Å². The molecule has 5 nitrogen and oxygen atoms in total. The van der Waals surface area contributed by atoms with Gasteiger partial charge in [-0.25, -0.2) is 4.79 Å². The topological polar surface area (TPSA) is 71.2 Å². The standard InChI is InChI=1S/C24H28N2O3/c1-5-29-23(28)21-15-17-14-19(11-12-20(17)26-21)25-22(27)13-8-16-6-9-18(10-7-16)24(2,3)4/h6-7,9-12,14-15,26H,5,8,13H2,1-4H3,(H,25,27). The summed E-state index contributed by atoms with van der Waals surface area (Å²) in [5.41, 5.74) is 4.50. The fourth-order valence-corrected chi connectivity index (χ4v) is 3.18. The molecule has 0 aliphatic heterocycles. The van der Waals surface area contributed by atoms with Crippen molar-refractivity contribution in [3.63, 3.8) is 0 Å². The largest absolute Gasteiger partial charge is 0.461 e. The number of aryl methyl sites for hydroxylation is 1. The van der Waals surface area contributed by atoms with Crippen LogP contribution in [0.5, 0.6) is 0 Å². The van der Waals surface area contributed by atoms with Crippen molar-refractivity contribution >= 4 is 28.5 Å². The number of hydrogen-bond acceptors (Lipinski definition) is 3. The molecule has 0 radical (unpaired) electrons. The van der Waals surface area contributed by atoms with Crippen LogP contribution in [0.4, 0.5) is 5.69 Å². The van der Waals surface area contributed by atoms with Crippen molar-refractivity contribution in [2.45, 2.75) is 46.0 Å². The van der Waals surface area contributed by atoms with E-state index in [0.717, 1.165) is 16.5 Å². The van der Waals surface area contributed by atoms with Crippen LogP contribution in [0.15, 0.2) is 48.5 Å². The Morgan fingerprint density at radius 2 is 1.76 bits per heavy atom. The van der Waals surface area contributed by atoms with Crippen molar-refractivity contribution in [3.8, 4) is 0 Å². The van der Waals surface area contributed by atoms with Gasteiger partial charge in [0.15, 0.2) is 0 Å². The normalized spacial score (nSPS) is 11.4. The van der Waals surface area contributed by atoms with Gasteiger partial charge in [0, 0.05) is 23.0 Å². The maximum absolute atomic E-state index is 12.4. The Kier molecular flexibility index (Phi) is 6.06. The predicted molar refractivity (Wildman–Crippen MR) is 116 cm³/mol. The lowest BCUT2D eigenvalue weighted by Crippen LogP contribution is -2.13. The molecule has 0 bridgehead atoms. The van der Waals surface area contributed by atoms with E-state index in [-0.39, 0.29) is 17.3 Å². The van der Waals surface area contributed by atoms with Gasteiger partial charge in [0.25, 0.3) is 0 Å². The van der Waals surface area contributed by atoms with Crippen LogP contribution in [0.25, 0.3) is 10.9 Å². The second-order valence-corrected chi connectivity index (χ2v) is 8.20. The van der Waals surface area contributed by atoms with Gasteiger partial charge in [-0.05, 0) is 54.2 Å². The van der Waals surface area contributed by atoms with Crippen molar-refractivity contribution in [1.82, 2.24) is 4.98 Å². The third kappa shape index (κ3) is 5.25. The van der Waals surface area contributed by atoms with Gasteiger partial charge in [-0.1, -0.05) is 45.0 Å².